The van der Waals surface area contributed by atoms with Crippen LogP contribution in [0.25, 0.3) is 11.1 Å². The lowest BCUT2D eigenvalue weighted by molar-refractivity contribution is 0.631. The van der Waals surface area contributed by atoms with Gasteiger partial charge < -0.3 is 10.6 Å². The van der Waals surface area contributed by atoms with Crippen LogP contribution in [0, 0.1) is 12.7 Å². The van der Waals surface area contributed by atoms with Crippen molar-refractivity contribution >= 4 is 5.82 Å². The van der Waals surface area contributed by atoms with Crippen molar-refractivity contribution in [3.05, 3.63) is 35.8 Å². The number of aromatic amines is 1. The van der Waals surface area contributed by atoms with Crippen molar-refractivity contribution in [3.8, 4) is 11.1 Å². The average Bonchev–Trinajstić information content (AvgIpc) is 2.96. The molecule has 1 fully saturated rings. The quantitative estimate of drug-likeness (QED) is 0.869. The molecule has 0 aliphatic carbocycles. The van der Waals surface area contributed by atoms with Crippen molar-refractivity contribution in [1.29, 1.82) is 0 Å². The molecule has 4 nitrogen and oxygen atoms in total. The van der Waals surface area contributed by atoms with E-state index in [4.69, 9.17) is 5.73 Å². The van der Waals surface area contributed by atoms with Gasteiger partial charge in [-0.25, -0.2) is 4.39 Å². The van der Waals surface area contributed by atoms with Gasteiger partial charge in [0.1, 0.15) is 5.82 Å². The topological polar surface area (TPSA) is 57.9 Å². The van der Waals surface area contributed by atoms with Crippen LogP contribution in [0.1, 0.15) is 12.1 Å². The zero-order chi connectivity index (χ0) is 13.4. The van der Waals surface area contributed by atoms with Crippen LogP contribution in [-0.2, 0) is 0 Å². The highest BCUT2D eigenvalue weighted by Gasteiger charge is 2.26. The van der Waals surface area contributed by atoms with Gasteiger partial charge in [0.25, 0.3) is 0 Å². The number of rotatable bonds is 2. The van der Waals surface area contributed by atoms with Gasteiger partial charge in [-0.05, 0) is 19.4 Å². The van der Waals surface area contributed by atoms with E-state index in [1.807, 2.05) is 13.0 Å². The van der Waals surface area contributed by atoms with Gasteiger partial charge in [-0.2, -0.15) is 5.10 Å². The molecule has 1 aliphatic rings. The third-order valence-corrected chi connectivity index (χ3v) is 3.60. The van der Waals surface area contributed by atoms with Crippen LogP contribution in [0.3, 0.4) is 0 Å². The first kappa shape index (κ1) is 12.2. The minimum Gasteiger partial charge on any atom is -0.353 e. The number of nitrogens with two attached hydrogens (primary N) is 1. The maximum Gasteiger partial charge on any atom is 0.158 e. The molecule has 2 aromatic rings. The predicted molar refractivity (Wildman–Crippen MR) is 73.5 cm³/mol. The number of halogens is 1. The van der Waals surface area contributed by atoms with Gasteiger partial charge in [-0.3, -0.25) is 5.10 Å². The van der Waals surface area contributed by atoms with E-state index in [1.165, 1.54) is 6.07 Å². The maximum absolute atomic E-state index is 14.0. The van der Waals surface area contributed by atoms with E-state index in [9.17, 15) is 4.39 Å². The lowest BCUT2D eigenvalue weighted by atomic mass is 10.0. The number of aromatic nitrogens is 2. The molecule has 3 rings (SSSR count). The second-order valence-electron chi connectivity index (χ2n) is 5.02. The van der Waals surface area contributed by atoms with E-state index >= 15 is 0 Å². The van der Waals surface area contributed by atoms with E-state index in [1.54, 1.807) is 12.1 Å². The van der Waals surface area contributed by atoms with E-state index in [-0.39, 0.29) is 11.9 Å². The highest BCUT2D eigenvalue weighted by molar-refractivity contribution is 5.78. The lowest BCUT2D eigenvalue weighted by Crippen LogP contribution is -2.26. The smallest absolute Gasteiger partial charge is 0.158 e. The zero-order valence-corrected chi connectivity index (χ0v) is 10.9. The summed E-state index contributed by atoms with van der Waals surface area (Å²) in [5.74, 6) is 0.576. The predicted octanol–water partition coefficient (Wildman–Crippen LogP) is 2.06. The Morgan fingerprint density at radius 2 is 2.21 bits per heavy atom. The summed E-state index contributed by atoms with van der Waals surface area (Å²) in [5, 5.41) is 7.28. The Kier molecular flexibility index (Phi) is 2.98. The highest BCUT2D eigenvalue weighted by Crippen LogP contribution is 2.34. The van der Waals surface area contributed by atoms with E-state index in [0.717, 1.165) is 36.6 Å². The van der Waals surface area contributed by atoms with Crippen LogP contribution >= 0.6 is 0 Å². The Hall–Kier alpha value is -1.88. The largest absolute Gasteiger partial charge is 0.353 e. The van der Waals surface area contributed by atoms with Crippen molar-refractivity contribution in [2.24, 2.45) is 5.73 Å². The fraction of sp³-hybridized carbons (Fsp3) is 0.357. The summed E-state index contributed by atoms with van der Waals surface area (Å²) >= 11 is 0. The standard InChI is InChI=1S/C14H17FN4/c1-9-13(11-4-2-3-5-12(11)15)14(18-17-9)19-7-6-10(16)8-19/h2-5,10H,6-8,16H2,1H3,(H,17,18). The molecule has 1 atom stereocenters. The first-order chi connectivity index (χ1) is 9.16. The summed E-state index contributed by atoms with van der Waals surface area (Å²) in [5.41, 5.74) is 8.24. The van der Waals surface area contributed by atoms with Crippen LogP contribution in [0.15, 0.2) is 24.3 Å². The summed E-state index contributed by atoms with van der Waals surface area (Å²) in [6.07, 6.45) is 0.947. The maximum atomic E-state index is 14.0. The number of H-pyrrole nitrogens is 1. The first-order valence-corrected chi connectivity index (χ1v) is 6.47. The van der Waals surface area contributed by atoms with Gasteiger partial charge in [-0.15, -0.1) is 0 Å². The number of benzene rings is 1. The number of hydrogen-bond donors (Lipinski definition) is 2. The van der Waals surface area contributed by atoms with Gasteiger partial charge >= 0.3 is 0 Å². The van der Waals surface area contributed by atoms with Crippen LogP contribution < -0.4 is 10.6 Å². The Labute approximate surface area is 111 Å². The minimum atomic E-state index is -0.225. The van der Waals surface area contributed by atoms with Crippen LogP contribution in [0.4, 0.5) is 10.2 Å². The van der Waals surface area contributed by atoms with E-state index < -0.39 is 0 Å². The molecule has 19 heavy (non-hydrogen) atoms. The summed E-state index contributed by atoms with van der Waals surface area (Å²) in [4.78, 5) is 2.12. The molecule has 0 amide bonds. The molecule has 2 heterocycles. The van der Waals surface area contributed by atoms with Gasteiger partial charge in [0.15, 0.2) is 5.82 Å². The molecule has 1 saturated heterocycles. The number of hydrogen-bond acceptors (Lipinski definition) is 3. The molecule has 1 unspecified atom stereocenters. The molecule has 100 valence electrons. The molecule has 0 radical (unpaired) electrons. The second kappa shape index (κ2) is 4.66. The van der Waals surface area contributed by atoms with Gasteiger partial charge in [0, 0.05) is 36.0 Å². The summed E-state index contributed by atoms with van der Waals surface area (Å²) in [6, 6.07) is 6.96. The monoisotopic (exact) mass is 260 g/mol. The Bertz CT molecular complexity index is 593. The van der Waals surface area contributed by atoms with Crippen molar-refractivity contribution in [2.45, 2.75) is 19.4 Å². The molecule has 5 heteroatoms. The third kappa shape index (κ3) is 2.10. The van der Waals surface area contributed by atoms with Crippen molar-refractivity contribution in [1.82, 2.24) is 10.2 Å². The van der Waals surface area contributed by atoms with Crippen LogP contribution in [0.2, 0.25) is 0 Å². The Balaban J connectivity index is 2.07. The first-order valence-electron chi connectivity index (χ1n) is 6.47. The fourth-order valence-corrected chi connectivity index (χ4v) is 2.61. The molecular weight excluding hydrogens is 243 g/mol. The molecule has 0 spiro atoms. The third-order valence-electron chi connectivity index (χ3n) is 3.60. The number of nitrogens with one attached hydrogen (secondary N) is 1. The molecule has 0 saturated carbocycles. The highest BCUT2D eigenvalue weighted by atomic mass is 19.1. The van der Waals surface area contributed by atoms with Crippen molar-refractivity contribution in [2.75, 3.05) is 18.0 Å². The summed E-state index contributed by atoms with van der Waals surface area (Å²) in [7, 11) is 0. The molecule has 0 bridgehead atoms. The van der Waals surface area contributed by atoms with Crippen molar-refractivity contribution < 1.29 is 4.39 Å². The number of nitrogens with zero attached hydrogens (tertiary/aromatic N) is 2. The molecule has 1 aromatic heterocycles. The SMILES string of the molecule is Cc1[nH]nc(N2CCC(N)C2)c1-c1ccccc1F. The van der Waals surface area contributed by atoms with Gasteiger partial charge in [0.2, 0.25) is 0 Å². The number of aryl methyl sites for hydroxylation is 1. The molecule has 1 aromatic carbocycles. The summed E-state index contributed by atoms with van der Waals surface area (Å²) < 4.78 is 14.0. The summed E-state index contributed by atoms with van der Waals surface area (Å²) in [6.45, 7) is 3.55. The lowest BCUT2D eigenvalue weighted by Gasteiger charge is -2.17. The van der Waals surface area contributed by atoms with Crippen molar-refractivity contribution in [3.63, 3.8) is 0 Å². The average molecular weight is 260 g/mol. The fourth-order valence-electron chi connectivity index (χ4n) is 2.61. The van der Waals surface area contributed by atoms with Gasteiger partial charge in [0.05, 0.1) is 0 Å². The normalized spacial score (nSPS) is 19.1. The second-order valence-corrected chi connectivity index (χ2v) is 5.02. The van der Waals surface area contributed by atoms with Gasteiger partial charge in [-0.1, -0.05) is 18.2 Å². The minimum absolute atomic E-state index is 0.172. The Morgan fingerprint density at radius 1 is 1.42 bits per heavy atom. The van der Waals surface area contributed by atoms with E-state index in [2.05, 4.69) is 15.1 Å². The molecular formula is C14H17FN4. The van der Waals surface area contributed by atoms with Crippen LogP contribution in [0.5, 0.6) is 0 Å². The number of anilines is 1. The Morgan fingerprint density at radius 3 is 2.89 bits per heavy atom. The molecule has 3 N–H and O–H groups in total. The zero-order valence-electron chi connectivity index (χ0n) is 10.9. The van der Waals surface area contributed by atoms with Crippen LogP contribution in [-0.4, -0.2) is 29.3 Å². The van der Waals surface area contributed by atoms with E-state index in [0.29, 0.717) is 5.56 Å². The molecule has 1 aliphatic heterocycles.